The molecule has 100 valence electrons. The predicted octanol–water partition coefficient (Wildman–Crippen LogP) is 1.56. The second kappa shape index (κ2) is 6.47. The Labute approximate surface area is 106 Å². The first kappa shape index (κ1) is 14.6. The highest BCUT2D eigenvalue weighted by Crippen LogP contribution is 2.10. The van der Waals surface area contributed by atoms with E-state index in [1.807, 2.05) is 14.1 Å². The van der Waals surface area contributed by atoms with Crippen molar-refractivity contribution in [2.45, 2.75) is 19.5 Å². The average Bonchev–Trinajstić information content (AvgIpc) is 2.30. The maximum absolute atomic E-state index is 13.5. The lowest BCUT2D eigenvalue weighted by molar-refractivity contribution is 0.0696. The first-order valence-electron chi connectivity index (χ1n) is 5.80. The van der Waals surface area contributed by atoms with Crippen LogP contribution in [-0.4, -0.2) is 42.7 Å². The maximum atomic E-state index is 13.5. The minimum atomic E-state index is -1.04. The first-order valence-corrected chi connectivity index (χ1v) is 5.80. The smallest absolute Gasteiger partial charge is 0.335 e. The summed E-state index contributed by atoms with van der Waals surface area (Å²) < 4.78 is 13.5. The van der Waals surface area contributed by atoms with Gasteiger partial charge in [-0.2, -0.15) is 0 Å². The molecule has 0 aliphatic rings. The van der Waals surface area contributed by atoms with Crippen LogP contribution in [0.1, 0.15) is 22.8 Å². The van der Waals surface area contributed by atoms with Crippen LogP contribution < -0.4 is 5.32 Å². The average molecular weight is 254 g/mol. The third kappa shape index (κ3) is 4.09. The fourth-order valence-corrected chi connectivity index (χ4v) is 1.44. The van der Waals surface area contributed by atoms with E-state index < -0.39 is 5.97 Å². The number of nitrogens with one attached hydrogen (secondary N) is 1. The molecule has 1 aromatic carbocycles. The molecule has 0 aliphatic carbocycles. The number of carbonyl (C=O) groups is 1. The van der Waals surface area contributed by atoms with Gasteiger partial charge in [0, 0.05) is 24.7 Å². The summed E-state index contributed by atoms with van der Waals surface area (Å²) >= 11 is 0. The SMILES string of the molecule is CC(CNCc1cc(C(=O)O)ccc1F)N(C)C. The van der Waals surface area contributed by atoms with Crippen molar-refractivity contribution in [3.8, 4) is 0 Å². The molecule has 0 amide bonds. The number of nitrogens with zero attached hydrogens (tertiary/aromatic N) is 1. The zero-order chi connectivity index (χ0) is 13.7. The van der Waals surface area contributed by atoms with Crippen molar-refractivity contribution in [1.29, 1.82) is 0 Å². The van der Waals surface area contributed by atoms with E-state index in [-0.39, 0.29) is 11.4 Å². The lowest BCUT2D eigenvalue weighted by atomic mass is 10.1. The normalized spacial score (nSPS) is 12.7. The molecule has 2 N–H and O–H groups in total. The highest BCUT2D eigenvalue weighted by molar-refractivity contribution is 5.87. The maximum Gasteiger partial charge on any atom is 0.335 e. The predicted molar refractivity (Wildman–Crippen MR) is 68.2 cm³/mol. The van der Waals surface area contributed by atoms with Crippen LogP contribution in [0.15, 0.2) is 18.2 Å². The number of carboxylic acids is 1. The van der Waals surface area contributed by atoms with Crippen LogP contribution in [0.25, 0.3) is 0 Å². The number of hydrogen-bond donors (Lipinski definition) is 2. The fraction of sp³-hybridized carbons (Fsp3) is 0.462. The Kier molecular flexibility index (Phi) is 5.25. The van der Waals surface area contributed by atoms with Crippen LogP contribution in [0.3, 0.4) is 0 Å². The molecule has 18 heavy (non-hydrogen) atoms. The Morgan fingerprint density at radius 2 is 2.17 bits per heavy atom. The van der Waals surface area contributed by atoms with Gasteiger partial charge in [-0.3, -0.25) is 0 Å². The van der Waals surface area contributed by atoms with Gasteiger partial charge in [-0.1, -0.05) is 0 Å². The van der Waals surface area contributed by atoms with Gasteiger partial charge in [0.15, 0.2) is 0 Å². The first-order chi connectivity index (χ1) is 8.41. The van der Waals surface area contributed by atoms with Gasteiger partial charge in [-0.15, -0.1) is 0 Å². The van der Waals surface area contributed by atoms with Crippen molar-refractivity contribution in [3.05, 3.63) is 35.1 Å². The van der Waals surface area contributed by atoms with Gasteiger partial charge < -0.3 is 15.3 Å². The monoisotopic (exact) mass is 254 g/mol. The van der Waals surface area contributed by atoms with Gasteiger partial charge in [0.05, 0.1) is 5.56 Å². The summed E-state index contributed by atoms with van der Waals surface area (Å²) in [6.45, 7) is 3.09. The number of carboxylic acid groups (broad SMARTS) is 1. The molecule has 1 rings (SSSR count). The molecule has 0 radical (unpaired) electrons. The molecule has 0 aliphatic heterocycles. The van der Waals surface area contributed by atoms with E-state index in [4.69, 9.17) is 5.11 Å². The van der Waals surface area contributed by atoms with E-state index in [2.05, 4.69) is 17.1 Å². The molecule has 0 aromatic heterocycles. The van der Waals surface area contributed by atoms with Crippen molar-refractivity contribution in [3.63, 3.8) is 0 Å². The van der Waals surface area contributed by atoms with Gasteiger partial charge in [0.2, 0.25) is 0 Å². The van der Waals surface area contributed by atoms with Crippen molar-refractivity contribution in [2.24, 2.45) is 0 Å². The lowest BCUT2D eigenvalue weighted by Crippen LogP contribution is -2.35. The van der Waals surface area contributed by atoms with Crippen molar-refractivity contribution in [2.75, 3.05) is 20.6 Å². The number of hydrogen-bond acceptors (Lipinski definition) is 3. The Morgan fingerprint density at radius 1 is 1.50 bits per heavy atom. The van der Waals surface area contributed by atoms with E-state index in [0.717, 1.165) is 0 Å². The number of benzene rings is 1. The zero-order valence-electron chi connectivity index (χ0n) is 10.9. The molecule has 5 heteroatoms. The van der Waals surface area contributed by atoms with Crippen LogP contribution in [0.5, 0.6) is 0 Å². The van der Waals surface area contributed by atoms with Crippen LogP contribution in [-0.2, 0) is 6.54 Å². The summed E-state index contributed by atoms with van der Waals surface area (Å²) in [5.41, 5.74) is 0.481. The number of rotatable bonds is 6. The van der Waals surface area contributed by atoms with Crippen LogP contribution >= 0.6 is 0 Å². The van der Waals surface area contributed by atoms with E-state index in [1.54, 1.807) is 0 Å². The highest BCUT2D eigenvalue weighted by atomic mass is 19.1. The Balaban J connectivity index is 2.61. The van der Waals surface area contributed by atoms with Gasteiger partial charge in [-0.25, -0.2) is 9.18 Å². The largest absolute Gasteiger partial charge is 0.478 e. The molecule has 0 saturated heterocycles. The third-order valence-electron chi connectivity index (χ3n) is 2.93. The van der Waals surface area contributed by atoms with Crippen LogP contribution in [0, 0.1) is 5.82 Å². The Bertz CT molecular complexity index is 421. The van der Waals surface area contributed by atoms with E-state index in [0.29, 0.717) is 24.7 Å². The molecule has 1 aromatic rings. The Hall–Kier alpha value is -1.46. The summed E-state index contributed by atoms with van der Waals surface area (Å²) in [4.78, 5) is 12.8. The fourth-order valence-electron chi connectivity index (χ4n) is 1.44. The van der Waals surface area contributed by atoms with E-state index in [9.17, 15) is 9.18 Å². The van der Waals surface area contributed by atoms with Crippen molar-refractivity contribution in [1.82, 2.24) is 10.2 Å². The number of aromatic carboxylic acids is 1. The molecule has 0 heterocycles. The van der Waals surface area contributed by atoms with Gasteiger partial charge >= 0.3 is 5.97 Å². The molecule has 0 saturated carbocycles. The van der Waals surface area contributed by atoms with Gasteiger partial charge in [0.25, 0.3) is 0 Å². The molecule has 0 fully saturated rings. The van der Waals surface area contributed by atoms with E-state index in [1.165, 1.54) is 18.2 Å². The Morgan fingerprint density at radius 3 is 2.72 bits per heavy atom. The number of likely N-dealkylation sites (N-methyl/N-ethyl adjacent to an activating group) is 1. The van der Waals surface area contributed by atoms with Gasteiger partial charge in [0.1, 0.15) is 5.82 Å². The third-order valence-corrected chi connectivity index (χ3v) is 2.93. The molecule has 1 unspecified atom stereocenters. The standard InChI is InChI=1S/C13H19FN2O2/c1-9(16(2)3)7-15-8-11-6-10(13(17)18)4-5-12(11)14/h4-6,9,15H,7-8H2,1-3H3,(H,17,18). The summed E-state index contributed by atoms with van der Waals surface area (Å²) in [7, 11) is 3.94. The molecule has 1 atom stereocenters. The molecular weight excluding hydrogens is 235 g/mol. The summed E-state index contributed by atoms with van der Waals surface area (Å²) in [5, 5.41) is 12.0. The summed E-state index contributed by atoms with van der Waals surface area (Å²) in [5.74, 6) is -1.43. The summed E-state index contributed by atoms with van der Waals surface area (Å²) in [6.07, 6.45) is 0. The van der Waals surface area contributed by atoms with E-state index >= 15 is 0 Å². The van der Waals surface area contributed by atoms with Crippen molar-refractivity contribution >= 4 is 5.97 Å². The summed E-state index contributed by atoms with van der Waals surface area (Å²) in [6, 6.07) is 4.15. The zero-order valence-corrected chi connectivity index (χ0v) is 10.9. The molecule has 0 bridgehead atoms. The molecule has 0 spiro atoms. The minimum absolute atomic E-state index is 0.105. The quantitative estimate of drug-likeness (QED) is 0.809. The lowest BCUT2D eigenvalue weighted by Gasteiger charge is -2.20. The molecular formula is C13H19FN2O2. The van der Waals surface area contributed by atoms with Crippen LogP contribution in [0.4, 0.5) is 4.39 Å². The second-order valence-corrected chi connectivity index (χ2v) is 4.55. The van der Waals surface area contributed by atoms with Crippen LogP contribution in [0.2, 0.25) is 0 Å². The highest BCUT2D eigenvalue weighted by Gasteiger charge is 2.09. The topological polar surface area (TPSA) is 52.6 Å². The molecule has 4 nitrogen and oxygen atoms in total. The minimum Gasteiger partial charge on any atom is -0.478 e. The van der Waals surface area contributed by atoms with Crippen molar-refractivity contribution < 1.29 is 14.3 Å². The van der Waals surface area contributed by atoms with Gasteiger partial charge in [-0.05, 0) is 39.2 Å². The number of halogens is 1. The second-order valence-electron chi connectivity index (χ2n) is 4.55.